The van der Waals surface area contributed by atoms with Crippen LogP contribution >= 0.6 is 0 Å². The van der Waals surface area contributed by atoms with Crippen LogP contribution in [0, 0.1) is 5.92 Å². The molecule has 0 radical (unpaired) electrons. The van der Waals surface area contributed by atoms with Crippen LogP contribution in [-0.4, -0.2) is 31.0 Å². The van der Waals surface area contributed by atoms with Crippen LogP contribution in [-0.2, 0) is 4.74 Å². The first-order valence-corrected chi connectivity index (χ1v) is 3.79. The summed E-state index contributed by atoms with van der Waals surface area (Å²) >= 11 is 0. The molecule has 0 aliphatic heterocycles. The van der Waals surface area contributed by atoms with E-state index in [0.29, 0.717) is 13.2 Å². The minimum Gasteiger partial charge on any atom is -0.389 e. The van der Waals surface area contributed by atoms with E-state index in [1.54, 1.807) is 0 Å². The molecule has 10 heavy (non-hydrogen) atoms. The van der Waals surface area contributed by atoms with Gasteiger partial charge in [0.25, 0.3) is 0 Å². The Morgan fingerprint density at radius 3 is 2.80 bits per heavy atom. The molecule has 0 aromatic rings. The molecule has 0 spiro atoms. The highest BCUT2D eigenvalue weighted by atomic mass is 16.5. The predicted octanol–water partition coefficient (Wildman–Crippen LogP) is -0.267. The number of rotatable bonds is 5. The smallest absolute Gasteiger partial charge is 0.0895 e. The molecule has 1 fully saturated rings. The highest BCUT2D eigenvalue weighted by molar-refractivity contribution is 4.72. The van der Waals surface area contributed by atoms with Crippen molar-refractivity contribution in [2.45, 2.75) is 18.9 Å². The fourth-order valence-electron chi connectivity index (χ4n) is 0.723. The maximum atomic E-state index is 8.94. The van der Waals surface area contributed by atoms with Crippen LogP contribution in [0.5, 0.6) is 0 Å². The van der Waals surface area contributed by atoms with Gasteiger partial charge in [0.15, 0.2) is 0 Å². The molecular formula is C7H15NO2. The molecule has 1 atom stereocenters. The van der Waals surface area contributed by atoms with E-state index in [-0.39, 0.29) is 0 Å². The quantitative estimate of drug-likeness (QED) is 0.560. The third kappa shape index (κ3) is 3.15. The van der Waals surface area contributed by atoms with Crippen LogP contribution in [0.1, 0.15) is 12.8 Å². The lowest BCUT2D eigenvalue weighted by Crippen LogP contribution is -2.25. The topological polar surface area (TPSA) is 55.5 Å². The van der Waals surface area contributed by atoms with Crippen molar-refractivity contribution in [2.75, 3.05) is 19.8 Å². The molecule has 60 valence electrons. The summed E-state index contributed by atoms with van der Waals surface area (Å²) in [5.74, 6) is 0.768. The van der Waals surface area contributed by atoms with Gasteiger partial charge >= 0.3 is 0 Å². The van der Waals surface area contributed by atoms with Crippen LogP contribution in [0.4, 0.5) is 0 Å². The molecule has 1 aliphatic rings. The van der Waals surface area contributed by atoms with Gasteiger partial charge in [-0.2, -0.15) is 0 Å². The van der Waals surface area contributed by atoms with E-state index in [2.05, 4.69) is 0 Å². The summed E-state index contributed by atoms with van der Waals surface area (Å²) < 4.78 is 5.18. The predicted molar refractivity (Wildman–Crippen MR) is 38.6 cm³/mol. The summed E-state index contributed by atoms with van der Waals surface area (Å²) in [6, 6.07) is 0. The highest BCUT2D eigenvalue weighted by Gasteiger charge is 2.21. The highest BCUT2D eigenvalue weighted by Crippen LogP contribution is 2.28. The summed E-state index contributed by atoms with van der Waals surface area (Å²) in [6.07, 6.45) is 2.11. The van der Waals surface area contributed by atoms with Gasteiger partial charge in [0.1, 0.15) is 0 Å². The van der Waals surface area contributed by atoms with Crippen molar-refractivity contribution < 1.29 is 9.84 Å². The molecule has 3 nitrogen and oxygen atoms in total. The first-order chi connectivity index (χ1) is 4.83. The zero-order chi connectivity index (χ0) is 7.40. The Hall–Kier alpha value is -0.120. The van der Waals surface area contributed by atoms with Gasteiger partial charge in [-0.3, -0.25) is 0 Å². The number of ether oxygens (including phenoxy) is 1. The minimum absolute atomic E-state index is 0.296. The van der Waals surface area contributed by atoms with Crippen LogP contribution in [0.3, 0.4) is 0 Å². The number of hydrogen-bond donors (Lipinski definition) is 2. The second kappa shape index (κ2) is 3.91. The summed E-state index contributed by atoms with van der Waals surface area (Å²) in [6.45, 7) is 1.49. The normalized spacial score (nSPS) is 21.0. The van der Waals surface area contributed by atoms with Gasteiger partial charge in [0.2, 0.25) is 0 Å². The largest absolute Gasteiger partial charge is 0.389 e. The number of nitrogens with two attached hydrogens (primary N) is 1. The van der Waals surface area contributed by atoms with E-state index < -0.39 is 6.10 Å². The fourth-order valence-corrected chi connectivity index (χ4v) is 0.723. The molecule has 1 aliphatic carbocycles. The average Bonchev–Trinajstić information content (AvgIpc) is 2.71. The van der Waals surface area contributed by atoms with Gasteiger partial charge in [-0.1, -0.05) is 0 Å². The van der Waals surface area contributed by atoms with Gasteiger partial charge in [0.05, 0.1) is 12.7 Å². The van der Waals surface area contributed by atoms with Crippen molar-refractivity contribution in [3.05, 3.63) is 0 Å². The van der Waals surface area contributed by atoms with Crippen molar-refractivity contribution in [3.8, 4) is 0 Å². The molecule has 1 rings (SSSR count). The first kappa shape index (κ1) is 7.98. The maximum absolute atomic E-state index is 8.94. The van der Waals surface area contributed by atoms with E-state index in [9.17, 15) is 0 Å². The fraction of sp³-hybridized carbons (Fsp3) is 1.00. The molecule has 3 N–H and O–H groups in total. The average molecular weight is 145 g/mol. The van der Waals surface area contributed by atoms with Gasteiger partial charge in [-0.05, 0) is 18.8 Å². The van der Waals surface area contributed by atoms with Gasteiger partial charge in [-0.25, -0.2) is 0 Å². The molecule has 3 heteroatoms. The number of hydrogen-bond acceptors (Lipinski definition) is 3. The van der Waals surface area contributed by atoms with E-state index in [0.717, 1.165) is 12.5 Å². The van der Waals surface area contributed by atoms with Crippen molar-refractivity contribution in [3.63, 3.8) is 0 Å². The molecule has 0 heterocycles. The van der Waals surface area contributed by atoms with E-state index in [1.165, 1.54) is 12.8 Å². The SMILES string of the molecule is NCC(O)COCC1CC1. The maximum Gasteiger partial charge on any atom is 0.0895 e. The van der Waals surface area contributed by atoms with Crippen LogP contribution < -0.4 is 5.73 Å². The Morgan fingerprint density at radius 2 is 2.30 bits per heavy atom. The van der Waals surface area contributed by atoms with Crippen molar-refractivity contribution in [1.29, 1.82) is 0 Å². The molecule has 0 bridgehead atoms. The van der Waals surface area contributed by atoms with Gasteiger partial charge in [-0.15, -0.1) is 0 Å². The van der Waals surface area contributed by atoms with Crippen LogP contribution in [0.25, 0.3) is 0 Å². The Bertz CT molecular complexity index is 93.6. The van der Waals surface area contributed by atoms with E-state index >= 15 is 0 Å². The molecule has 0 amide bonds. The second-order valence-corrected chi connectivity index (χ2v) is 2.87. The Kier molecular flexibility index (Phi) is 3.12. The Labute approximate surface area is 61.2 Å². The second-order valence-electron chi connectivity index (χ2n) is 2.87. The summed E-state index contributed by atoms with van der Waals surface area (Å²) in [5, 5.41) is 8.94. The van der Waals surface area contributed by atoms with Crippen molar-refractivity contribution >= 4 is 0 Å². The van der Waals surface area contributed by atoms with Crippen molar-refractivity contribution in [2.24, 2.45) is 11.7 Å². The zero-order valence-corrected chi connectivity index (χ0v) is 6.12. The molecule has 1 saturated carbocycles. The van der Waals surface area contributed by atoms with Gasteiger partial charge in [0, 0.05) is 13.2 Å². The molecular weight excluding hydrogens is 130 g/mol. The molecule has 1 unspecified atom stereocenters. The molecule has 0 aromatic heterocycles. The van der Waals surface area contributed by atoms with Crippen LogP contribution in [0.15, 0.2) is 0 Å². The molecule has 0 aromatic carbocycles. The summed E-state index contributed by atoms with van der Waals surface area (Å²) in [4.78, 5) is 0. The Morgan fingerprint density at radius 1 is 1.60 bits per heavy atom. The lowest BCUT2D eigenvalue weighted by Gasteiger charge is -2.07. The van der Waals surface area contributed by atoms with Crippen LogP contribution in [0.2, 0.25) is 0 Å². The number of aliphatic hydroxyl groups is 1. The third-order valence-corrected chi connectivity index (χ3v) is 1.63. The zero-order valence-electron chi connectivity index (χ0n) is 6.12. The Balaban J connectivity index is 1.83. The lowest BCUT2D eigenvalue weighted by atomic mass is 10.4. The standard InChI is InChI=1S/C7H15NO2/c8-3-7(9)5-10-4-6-1-2-6/h6-7,9H,1-5,8H2. The van der Waals surface area contributed by atoms with Crippen molar-refractivity contribution in [1.82, 2.24) is 0 Å². The third-order valence-electron chi connectivity index (χ3n) is 1.63. The van der Waals surface area contributed by atoms with Gasteiger partial charge < -0.3 is 15.6 Å². The number of aliphatic hydroxyl groups excluding tert-OH is 1. The monoisotopic (exact) mass is 145 g/mol. The summed E-state index contributed by atoms with van der Waals surface area (Å²) in [5.41, 5.74) is 5.17. The summed E-state index contributed by atoms with van der Waals surface area (Å²) in [7, 11) is 0. The molecule has 0 saturated heterocycles. The lowest BCUT2D eigenvalue weighted by molar-refractivity contribution is 0.0366. The van der Waals surface area contributed by atoms with E-state index in [1.807, 2.05) is 0 Å². The van der Waals surface area contributed by atoms with E-state index in [4.69, 9.17) is 15.6 Å². The first-order valence-electron chi connectivity index (χ1n) is 3.79. The minimum atomic E-state index is -0.473.